The molecular weight excluding hydrogens is 304 g/mol. The van der Waals surface area contributed by atoms with Crippen LogP contribution in [0.2, 0.25) is 0 Å². The van der Waals surface area contributed by atoms with Crippen molar-refractivity contribution in [3.63, 3.8) is 0 Å². The molecule has 7 heteroatoms. The van der Waals surface area contributed by atoms with Crippen LogP contribution in [0.15, 0.2) is 22.9 Å². The van der Waals surface area contributed by atoms with Gasteiger partial charge in [0, 0.05) is 38.3 Å². The normalized spacial score (nSPS) is 17.0. The summed E-state index contributed by atoms with van der Waals surface area (Å²) in [4.78, 5) is 13.4. The van der Waals surface area contributed by atoms with Crippen LogP contribution in [0.4, 0.5) is 5.82 Å². The van der Waals surface area contributed by atoms with Crippen molar-refractivity contribution in [2.24, 2.45) is 0 Å². The van der Waals surface area contributed by atoms with Crippen molar-refractivity contribution in [1.29, 1.82) is 5.26 Å². The molecule has 0 aliphatic carbocycles. The lowest BCUT2D eigenvalue weighted by molar-refractivity contribution is 0.164. The molecule has 0 spiro atoms. The fraction of sp³-hybridized carbons (Fsp3) is 0.529. The summed E-state index contributed by atoms with van der Waals surface area (Å²) in [5.74, 6) is 2.57. The van der Waals surface area contributed by atoms with Crippen LogP contribution in [0, 0.1) is 11.3 Å². The molecule has 0 N–H and O–H groups in total. The van der Waals surface area contributed by atoms with E-state index in [0.29, 0.717) is 11.5 Å². The van der Waals surface area contributed by atoms with Gasteiger partial charge in [-0.3, -0.25) is 4.90 Å². The summed E-state index contributed by atoms with van der Waals surface area (Å²) in [5.41, 5.74) is 0.642. The van der Waals surface area contributed by atoms with Crippen molar-refractivity contribution in [3.8, 4) is 6.07 Å². The Morgan fingerprint density at radius 2 is 1.96 bits per heavy atom. The van der Waals surface area contributed by atoms with Crippen LogP contribution < -0.4 is 4.90 Å². The van der Waals surface area contributed by atoms with Crippen molar-refractivity contribution in [2.75, 3.05) is 31.1 Å². The smallest absolute Gasteiger partial charge is 0.243 e. The number of rotatable bonds is 4. The minimum atomic E-state index is 0.102. The summed E-state index contributed by atoms with van der Waals surface area (Å²) < 4.78 is 5.42. The first kappa shape index (κ1) is 16.4. The van der Waals surface area contributed by atoms with Gasteiger partial charge in [0.15, 0.2) is 5.82 Å². The summed E-state index contributed by atoms with van der Waals surface area (Å²) in [7, 11) is 0. The molecule has 3 rings (SSSR count). The molecular formula is C17H22N6O. The van der Waals surface area contributed by atoms with E-state index in [2.05, 4.69) is 51.8 Å². The van der Waals surface area contributed by atoms with E-state index >= 15 is 0 Å². The maximum absolute atomic E-state index is 9.01. The van der Waals surface area contributed by atoms with E-state index in [9.17, 15) is 0 Å². The number of pyridine rings is 1. The minimum absolute atomic E-state index is 0.102. The number of piperazine rings is 1. The molecule has 126 valence electrons. The topological polar surface area (TPSA) is 82.1 Å². The van der Waals surface area contributed by atoms with Gasteiger partial charge in [-0.1, -0.05) is 19.0 Å². The van der Waals surface area contributed by atoms with Gasteiger partial charge in [-0.25, -0.2) is 4.98 Å². The zero-order valence-corrected chi connectivity index (χ0v) is 14.3. The lowest BCUT2D eigenvalue weighted by atomic mass is 10.2. The number of nitriles is 1. The second-order valence-electron chi connectivity index (χ2n) is 6.36. The van der Waals surface area contributed by atoms with E-state index < -0.39 is 0 Å². The van der Waals surface area contributed by atoms with E-state index in [-0.39, 0.29) is 12.0 Å². The van der Waals surface area contributed by atoms with Gasteiger partial charge in [0.1, 0.15) is 5.82 Å². The molecule has 0 radical (unpaired) electrons. The highest BCUT2D eigenvalue weighted by molar-refractivity contribution is 5.45. The molecule has 1 aliphatic heterocycles. The molecule has 2 aromatic rings. The lowest BCUT2D eigenvalue weighted by Gasteiger charge is -2.37. The molecule has 1 saturated heterocycles. The Balaban J connectivity index is 1.62. The van der Waals surface area contributed by atoms with E-state index in [0.717, 1.165) is 37.8 Å². The van der Waals surface area contributed by atoms with Gasteiger partial charge in [-0.2, -0.15) is 10.2 Å². The Bertz CT molecular complexity index is 727. The third-order valence-corrected chi connectivity index (χ3v) is 4.39. The third kappa shape index (κ3) is 3.39. The third-order valence-electron chi connectivity index (χ3n) is 4.39. The summed E-state index contributed by atoms with van der Waals surface area (Å²) >= 11 is 0. The summed E-state index contributed by atoms with van der Waals surface area (Å²) in [5, 5.41) is 13.1. The van der Waals surface area contributed by atoms with Crippen LogP contribution in [0.3, 0.4) is 0 Å². The van der Waals surface area contributed by atoms with Crippen LogP contribution in [0.5, 0.6) is 0 Å². The summed E-state index contributed by atoms with van der Waals surface area (Å²) in [6, 6.07) is 5.83. The molecule has 1 atom stereocenters. The van der Waals surface area contributed by atoms with E-state index in [1.165, 1.54) is 0 Å². The van der Waals surface area contributed by atoms with Gasteiger partial charge in [-0.05, 0) is 19.1 Å². The molecule has 24 heavy (non-hydrogen) atoms. The fourth-order valence-electron chi connectivity index (χ4n) is 2.81. The van der Waals surface area contributed by atoms with E-state index in [1.54, 1.807) is 12.3 Å². The average Bonchev–Trinajstić information content (AvgIpc) is 3.12. The number of nitrogens with zero attached hydrogens (tertiary/aromatic N) is 6. The van der Waals surface area contributed by atoms with Crippen LogP contribution in [-0.2, 0) is 0 Å². The van der Waals surface area contributed by atoms with Crippen LogP contribution in [0.1, 0.15) is 50.0 Å². The second kappa shape index (κ2) is 6.97. The highest BCUT2D eigenvalue weighted by atomic mass is 16.5. The SMILES string of the molecule is CC(C)c1noc(C(C)N2CCN(c3cc(C#N)ccn3)CC2)n1. The molecule has 0 aromatic carbocycles. The van der Waals surface area contributed by atoms with Crippen molar-refractivity contribution in [3.05, 3.63) is 35.6 Å². The van der Waals surface area contributed by atoms with E-state index in [4.69, 9.17) is 9.78 Å². The standard InChI is InChI=1S/C17H22N6O/c1-12(2)16-20-17(24-21-16)13(3)22-6-8-23(9-7-22)15-10-14(11-18)4-5-19-15/h4-5,10,12-13H,6-9H2,1-3H3. The first-order valence-electron chi connectivity index (χ1n) is 8.27. The van der Waals surface area contributed by atoms with Crippen molar-refractivity contribution < 1.29 is 4.52 Å². The number of hydrogen-bond acceptors (Lipinski definition) is 7. The summed E-state index contributed by atoms with van der Waals surface area (Å²) in [6.45, 7) is 9.70. The van der Waals surface area contributed by atoms with E-state index in [1.807, 2.05) is 6.07 Å². The van der Waals surface area contributed by atoms with Crippen molar-refractivity contribution in [1.82, 2.24) is 20.0 Å². The first-order valence-corrected chi connectivity index (χ1v) is 8.27. The highest BCUT2D eigenvalue weighted by Gasteiger charge is 2.26. The number of hydrogen-bond donors (Lipinski definition) is 0. The van der Waals surface area contributed by atoms with Crippen LogP contribution in [0.25, 0.3) is 0 Å². The van der Waals surface area contributed by atoms with Gasteiger partial charge >= 0.3 is 0 Å². The molecule has 1 fully saturated rings. The fourth-order valence-corrected chi connectivity index (χ4v) is 2.81. The van der Waals surface area contributed by atoms with Gasteiger partial charge in [-0.15, -0.1) is 0 Å². The molecule has 1 unspecified atom stereocenters. The Kier molecular flexibility index (Phi) is 4.76. The maximum Gasteiger partial charge on any atom is 0.243 e. The zero-order valence-electron chi connectivity index (χ0n) is 14.3. The summed E-state index contributed by atoms with van der Waals surface area (Å²) in [6.07, 6.45) is 1.69. The molecule has 0 amide bonds. The predicted molar refractivity (Wildman–Crippen MR) is 89.5 cm³/mol. The highest BCUT2D eigenvalue weighted by Crippen LogP contribution is 2.23. The second-order valence-corrected chi connectivity index (χ2v) is 6.36. The number of aromatic nitrogens is 3. The Morgan fingerprint density at radius 3 is 2.58 bits per heavy atom. The minimum Gasteiger partial charge on any atom is -0.354 e. The van der Waals surface area contributed by atoms with Crippen LogP contribution >= 0.6 is 0 Å². The molecule has 1 aliphatic rings. The molecule has 0 saturated carbocycles. The van der Waals surface area contributed by atoms with Gasteiger partial charge in [0.2, 0.25) is 5.89 Å². The largest absolute Gasteiger partial charge is 0.354 e. The van der Waals surface area contributed by atoms with Crippen molar-refractivity contribution >= 4 is 5.82 Å². The average molecular weight is 326 g/mol. The molecule has 7 nitrogen and oxygen atoms in total. The van der Waals surface area contributed by atoms with Gasteiger partial charge in [0.05, 0.1) is 17.7 Å². The quantitative estimate of drug-likeness (QED) is 0.853. The van der Waals surface area contributed by atoms with Gasteiger partial charge in [0.25, 0.3) is 0 Å². The molecule has 0 bridgehead atoms. The Morgan fingerprint density at radius 1 is 1.21 bits per heavy atom. The first-order chi connectivity index (χ1) is 11.6. The molecule has 3 heterocycles. The predicted octanol–water partition coefficient (Wildman–Crippen LogP) is 2.34. The monoisotopic (exact) mass is 326 g/mol. The number of anilines is 1. The Hall–Kier alpha value is -2.46. The lowest BCUT2D eigenvalue weighted by Crippen LogP contribution is -2.47. The maximum atomic E-state index is 9.01. The Labute approximate surface area is 141 Å². The van der Waals surface area contributed by atoms with Crippen LogP contribution in [-0.4, -0.2) is 46.2 Å². The molecule has 2 aromatic heterocycles. The van der Waals surface area contributed by atoms with Crippen molar-refractivity contribution in [2.45, 2.75) is 32.7 Å². The van der Waals surface area contributed by atoms with Gasteiger partial charge < -0.3 is 9.42 Å². The zero-order chi connectivity index (χ0) is 17.1.